The molecule has 2 aromatic carbocycles. The minimum absolute atomic E-state index is 0.137. The Hall–Kier alpha value is -2.76. The van der Waals surface area contributed by atoms with E-state index in [1.807, 2.05) is 0 Å². The van der Waals surface area contributed by atoms with E-state index < -0.39 is 17.6 Å². The lowest BCUT2D eigenvalue weighted by molar-refractivity contribution is 0.0698. The number of carboxylic acid groups (broad SMARTS) is 1. The maximum absolute atomic E-state index is 13.4. The average molecular weight is 274 g/mol. The summed E-state index contributed by atoms with van der Waals surface area (Å²) in [5.74, 6) is -2.10. The van der Waals surface area contributed by atoms with Gasteiger partial charge in [-0.05, 0) is 24.3 Å². The second kappa shape index (κ2) is 4.41. The first-order valence-electron chi connectivity index (χ1n) is 5.73. The van der Waals surface area contributed by atoms with E-state index in [0.29, 0.717) is 5.56 Å². The van der Waals surface area contributed by atoms with Gasteiger partial charge in [-0.2, -0.15) is 0 Å². The molecule has 1 aromatic heterocycles. The van der Waals surface area contributed by atoms with Gasteiger partial charge in [0.05, 0.1) is 11.1 Å². The Bertz CT molecular complexity index is 827. The summed E-state index contributed by atoms with van der Waals surface area (Å²) in [6, 6.07) is 7.73. The van der Waals surface area contributed by atoms with Gasteiger partial charge in [-0.1, -0.05) is 12.1 Å². The van der Waals surface area contributed by atoms with Crippen LogP contribution >= 0.6 is 0 Å². The molecule has 20 heavy (non-hydrogen) atoms. The number of aromatic carboxylic acids is 1. The van der Waals surface area contributed by atoms with Crippen molar-refractivity contribution in [2.75, 3.05) is 0 Å². The molecule has 0 aliphatic rings. The van der Waals surface area contributed by atoms with E-state index in [1.165, 1.54) is 18.2 Å². The normalized spacial score (nSPS) is 10.9. The first-order chi connectivity index (χ1) is 9.54. The van der Waals surface area contributed by atoms with Gasteiger partial charge in [0.2, 0.25) is 0 Å². The molecule has 3 aromatic rings. The van der Waals surface area contributed by atoms with E-state index in [0.717, 1.165) is 12.1 Å². The number of hydrogen-bond donors (Lipinski definition) is 2. The van der Waals surface area contributed by atoms with Crippen LogP contribution in [-0.2, 0) is 0 Å². The molecule has 3 rings (SSSR count). The highest BCUT2D eigenvalue weighted by Crippen LogP contribution is 2.24. The zero-order valence-corrected chi connectivity index (χ0v) is 10.0. The third-order valence-electron chi connectivity index (χ3n) is 2.88. The third-order valence-corrected chi connectivity index (χ3v) is 2.88. The third kappa shape index (κ3) is 2.01. The van der Waals surface area contributed by atoms with E-state index in [-0.39, 0.29) is 22.4 Å². The molecule has 2 N–H and O–H groups in total. The SMILES string of the molecule is O=C(O)c1cc(F)cc2[nH]c(-c3cccc(F)c3)nc12. The number of rotatable bonds is 2. The second-order valence-corrected chi connectivity index (χ2v) is 4.25. The van der Waals surface area contributed by atoms with E-state index in [9.17, 15) is 13.6 Å². The maximum atomic E-state index is 13.4. The smallest absolute Gasteiger partial charge is 0.338 e. The molecule has 0 saturated carbocycles. The van der Waals surface area contributed by atoms with Gasteiger partial charge in [0.15, 0.2) is 0 Å². The van der Waals surface area contributed by atoms with Crippen LogP contribution in [0, 0.1) is 11.6 Å². The predicted octanol–water partition coefficient (Wildman–Crippen LogP) is 3.21. The van der Waals surface area contributed by atoms with Gasteiger partial charge in [0.25, 0.3) is 0 Å². The number of carbonyl (C=O) groups is 1. The number of hydrogen-bond acceptors (Lipinski definition) is 2. The lowest BCUT2D eigenvalue weighted by Gasteiger charge is -1.96. The Morgan fingerprint density at radius 2 is 1.95 bits per heavy atom. The molecule has 4 nitrogen and oxygen atoms in total. The standard InChI is InChI=1S/C14H8F2N2O2/c15-8-3-1-2-7(4-8)13-17-11-6-9(16)5-10(14(19)20)12(11)18-13/h1-6H,(H,17,18)(H,19,20). The number of benzene rings is 2. The molecule has 0 aliphatic carbocycles. The van der Waals surface area contributed by atoms with Gasteiger partial charge in [-0.25, -0.2) is 18.6 Å². The van der Waals surface area contributed by atoms with Crippen molar-refractivity contribution in [3.05, 3.63) is 53.6 Å². The van der Waals surface area contributed by atoms with Crippen LogP contribution in [-0.4, -0.2) is 21.0 Å². The number of nitrogens with zero attached hydrogens (tertiary/aromatic N) is 1. The van der Waals surface area contributed by atoms with Crippen molar-refractivity contribution >= 4 is 17.0 Å². The molecule has 0 saturated heterocycles. The fourth-order valence-electron chi connectivity index (χ4n) is 2.02. The first-order valence-corrected chi connectivity index (χ1v) is 5.73. The summed E-state index contributed by atoms with van der Waals surface area (Å²) in [7, 11) is 0. The summed E-state index contributed by atoms with van der Waals surface area (Å²) in [6.07, 6.45) is 0. The van der Waals surface area contributed by atoms with Gasteiger partial charge in [-0.15, -0.1) is 0 Å². The minimum Gasteiger partial charge on any atom is -0.478 e. The van der Waals surface area contributed by atoms with E-state index in [4.69, 9.17) is 5.11 Å². The molecule has 0 amide bonds. The van der Waals surface area contributed by atoms with Crippen LogP contribution in [0.5, 0.6) is 0 Å². The van der Waals surface area contributed by atoms with Crippen molar-refractivity contribution in [2.24, 2.45) is 0 Å². The molecule has 0 fully saturated rings. The summed E-state index contributed by atoms with van der Waals surface area (Å²) in [6.45, 7) is 0. The van der Waals surface area contributed by atoms with Crippen LogP contribution in [0.3, 0.4) is 0 Å². The first kappa shape index (κ1) is 12.3. The quantitative estimate of drug-likeness (QED) is 0.754. The fraction of sp³-hybridized carbons (Fsp3) is 0. The molecule has 0 spiro atoms. The average Bonchev–Trinajstić information content (AvgIpc) is 2.81. The predicted molar refractivity (Wildman–Crippen MR) is 68.4 cm³/mol. The van der Waals surface area contributed by atoms with Crippen molar-refractivity contribution in [3.8, 4) is 11.4 Å². The van der Waals surface area contributed by atoms with Gasteiger partial charge < -0.3 is 10.1 Å². The molecule has 0 radical (unpaired) electrons. The van der Waals surface area contributed by atoms with E-state index >= 15 is 0 Å². The van der Waals surface area contributed by atoms with Gasteiger partial charge in [0, 0.05) is 5.56 Å². The van der Waals surface area contributed by atoms with Crippen molar-refractivity contribution in [3.63, 3.8) is 0 Å². The molecule has 6 heteroatoms. The van der Waals surface area contributed by atoms with Crippen molar-refractivity contribution in [2.45, 2.75) is 0 Å². The maximum Gasteiger partial charge on any atom is 0.338 e. The lowest BCUT2D eigenvalue weighted by Crippen LogP contribution is -1.98. The number of halogens is 2. The number of aromatic amines is 1. The molecule has 0 atom stereocenters. The molecule has 1 heterocycles. The second-order valence-electron chi connectivity index (χ2n) is 4.25. The molecule has 0 unspecified atom stereocenters. The van der Waals surface area contributed by atoms with Crippen LogP contribution in [0.2, 0.25) is 0 Å². The lowest BCUT2D eigenvalue weighted by atomic mass is 10.2. The highest BCUT2D eigenvalue weighted by molar-refractivity contribution is 6.01. The minimum atomic E-state index is -1.27. The monoisotopic (exact) mass is 274 g/mol. The van der Waals surface area contributed by atoms with Gasteiger partial charge >= 0.3 is 5.97 Å². The summed E-state index contributed by atoms with van der Waals surface area (Å²) in [5, 5.41) is 9.05. The van der Waals surface area contributed by atoms with Gasteiger partial charge in [0.1, 0.15) is 23.0 Å². The summed E-state index contributed by atoms with van der Waals surface area (Å²) >= 11 is 0. The largest absolute Gasteiger partial charge is 0.478 e. The highest BCUT2D eigenvalue weighted by Gasteiger charge is 2.15. The Labute approximate surface area is 111 Å². The number of nitrogens with one attached hydrogen (secondary N) is 1. The van der Waals surface area contributed by atoms with E-state index in [2.05, 4.69) is 9.97 Å². The number of carboxylic acids is 1. The number of aromatic nitrogens is 2. The van der Waals surface area contributed by atoms with Crippen LogP contribution in [0.4, 0.5) is 8.78 Å². The summed E-state index contributed by atoms with van der Waals surface area (Å²) in [5.41, 5.74) is 0.608. The molecule has 0 aliphatic heterocycles. The number of fused-ring (bicyclic) bond motifs is 1. The highest BCUT2D eigenvalue weighted by atomic mass is 19.1. The Kier molecular flexibility index (Phi) is 2.71. The number of H-pyrrole nitrogens is 1. The Morgan fingerprint density at radius 1 is 1.15 bits per heavy atom. The number of imidazole rings is 1. The van der Waals surface area contributed by atoms with Crippen molar-refractivity contribution in [1.82, 2.24) is 9.97 Å². The molecular weight excluding hydrogens is 266 g/mol. The van der Waals surface area contributed by atoms with Crippen LogP contribution < -0.4 is 0 Å². The van der Waals surface area contributed by atoms with E-state index in [1.54, 1.807) is 6.07 Å². The summed E-state index contributed by atoms with van der Waals surface area (Å²) in [4.78, 5) is 18.0. The zero-order valence-electron chi connectivity index (χ0n) is 10.0. The fourth-order valence-corrected chi connectivity index (χ4v) is 2.02. The zero-order chi connectivity index (χ0) is 14.3. The van der Waals surface area contributed by atoms with Crippen molar-refractivity contribution < 1.29 is 18.7 Å². The molecule has 0 bridgehead atoms. The van der Waals surface area contributed by atoms with Gasteiger partial charge in [-0.3, -0.25) is 0 Å². The Morgan fingerprint density at radius 3 is 2.65 bits per heavy atom. The van der Waals surface area contributed by atoms with Crippen LogP contribution in [0.1, 0.15) is 10.4 Å². The van der Waals surface area contributed by atoms with Crippen LogP contribution in [0.15, 0.2) is 36.4 Å². The Balaban J connectivity index is 2.25. The topological polar surface area (TPSA) is 66.0 Å². The molecule has 100 valence electrons. The van der Waals surface area contributed by atoms with Crippen LogP contribution in [0.25, 0.3) is 22.4 Å². The van der Waals surface area contributed by atoms with Crippen molar-refractivity contribution in [1.29, 1.82) is 0 Å². The molecular formula is C14H8F2N2O2. The summed E-state index contributed by atoms with van der Waals surface area (Å²) < 4.78 is 26.5.